The van der Waals surface area contributed by atoms with Crippen molar-refractivity contribution in [2.45, 2.75) is 6.92 Å². The molecule has 0 N–H and O–H groups in total. The van der Waals surface area contributed by atoms with Gasteiger partial charge in [0.2, 0.25) is 6.20 Å². The molecule has 0 atom stereocenters. The average Bonchev–Trinajstić information content (AvgIpc) is 2.38. The molecule has 0 spiro atoms. The second-order valence-corrected chi connectivity index (χ2v) is 4.05. The van der Waals surface area contributed by atoms with Crippen molar-refractivity contribution in [3.05, 3.63) is 76.0 Å². The molecular weight excluding hydrogens is 226 g/mol. The molecule has 18 heavy (non-hydrogen) atoms. The fraction of sp³-hybridized carbons (Fsp3) is 0.0667. The molecule has 0 bridgehead atoms. The van der Waals surface area contributed by atoms with Crippen LogP contribution in [0.1, 0.15) is 11.1 Å². The number of nitrogens with zero attached hydrogens (tertiary/aromatic N) is 1. The Labute approximate surface area is 106 Å². The molecule has 3 nitrogen and oxygen atoms in total. The van der Waals surface area contributed by atoms with Crippen molar-refractivity contribution in [1.29, 1.82) is 0 Å². The Balaban J connectivity index is 2.44. The van der Waals surface area contributed by atoms with Gasteiger partial charge in [-0.3, -0.25) is 10.1 Å². The highest BCUT2D eigenvalue weighted by atomic mass is 16.6. The van der Waals surface area contributed by atoms with E-state index in [0.717, 1.165) is 22.9 Å². The Morgan fingerprint density at radius 3 is 2.39 bits per heavy atom. The summed E-state index contributed by atoms with van der Waals surface area (Å²) >= 11 is 0. The van der Waals surface area contributed by atoms with Crippen LogP contribution in [-0.4, -0.2) is 4.92 Å². The number of nitro groups is 1. The highest BCUT2D eigenvalue weighted by Crippen LogP contribution is 2.24. The molecule has 0 heterocycles. The van der Waals surface area contributed by atoms with Crippen LogP contribution in [0.3, 0.4) is 0 Å². The molecule has 0 fully saturated rings. The van der Waals surface area contributed by atoms with Crippen LogP contribution < -0.4 is 0 Å². The molecule has 0 aliphatic heterocycles. The van der Waals surface area contributed by atoms with Crippen molar-refractivity contribution >= 4 is 6.08 Å². The summed E-state index contributed by atoms with van der Waals surface area (Å²) in [4.78, 5) is 9.93. The van der Waals surface area contributed by atoms with E-state index >= 15 is 0 Å². The first-order valence-electron chi connectivity index (χ1n) is 5.64. The number of aryl methyl sites for hydroxylation is 1. The van der Waals surface area contributed by atoms with E-state index in [9.17, 15) is 10.1 Å². The fourth-order valence-electron chi connectivity index (χ4n) is 1.78. The topological polar surface area (TPSA) is 43.1 Å². The van der Waals surface area contributed by atoms with E-state index in [0.29, 0.717) is 0 Å². The van der Waals surface area contributed by atoms with E-state index in [4.69, 9.17) is 0 Å². The first kappa shape index (κ1) is 12.0. The standard InChI is InChI=1S/C15H13NO2/c1-12-6-8-14(9-7-12)15-5-3-2-4-13(15)10-11-16(17)18/h2-11H,1H3/b11-10+. The lowest BCUT2D eigenvalue weighted by Gasteiger charge is -2.05. The van der Waals surface area contributed by atoms with Crippen molar-refractivity contribution in [1.82, 2.24) is 0 Å². The average molecular weight is 239 g/mol. The van der Waals surface area contributed by atoms with E-state index in [1.807, 2.05) is 55.5 Å². The smallest absolute Gasteiger partial charge is 0.235 e. The number of hydrogen-bond donors (Lipinski definition) is 0. The zero-order valence-corrected chi connectivity index (χ0v) is 10.0. The maximum absolute atomic E-state index is 10.4. The molecule has 0 saturated carbocycles. The quantitative estimate of drug-likeness (QED) is 0.602. The third-order valence-electron chi connectivity index (χ3n) is 2.70. The molecule has 90 valence electrons. The Bertz CT molecular complexity index is 586. The monoisotopic (exact) mass is 239 g/mol. The second-order valence-electron chi connectivity index (χ2n) is 4.05. The molecule has 0 saturated heterocycles. The number of benzene rings is 2. The Morgan fingerprint density at radius 1 is 1.06 bits per heavy atom. The Kier molecular flexibility index (Phi) is 3.53. The second kappa shape index (κ2) is 5.27. The van der Waals surface area contributed by atoms with Crippen LogP contribution in [0.5, 0.6) is 0 Å². The molecule has 0 unspecified atom stereocenters. The van der Waals surface area contributed by atoms with E-state index in [1.165, 1.54) is 11.6 Å². The van der Waals surface area contributed by atoms with Crippen LogP contribution in [0, 0.1) is 17.0 Å². The summed E-state index contributed by atoms with van der Waals surface area (Å²) in [6, 6.07) is 15.7. The summed E-state index contributed by atoms with van der Waals surface area (Å²) in [7, 11) is 0. The first-order valence-corrected chi connectivity index (χ1v) is 5.64. The minimum Gasteiger partial charge on any atom is -0.259 e. The lowest BCUT2D eigenvalue weighted by Crippen LogP contribution is -1.86. The predicted molar refractivity (Wildman–Crippen MR) is 72.6 cm³/mol. The first-order chi connectivity index (χ1) is 8.66. The van der Waals surface area contributed by atoms with Gasteiger partial charge in [0.25, 0.3) is 0 Å². The van der Waals surface area contributed by atoms with Crippen LogP contribution in [0.4, 0.5) is 0 Å². The van der Waals surface area contributed by atoms with E-state index in [1.54, 1.807) is 0 Å². The molecule has 2 rings (SSSR count). The molecule has 2 aromatic carbocycles. The van der Waals surface area contributed by atoms with Gasteiger partial charge in [0.05, 0.1) is 4.92 Å². The van der Waals surface area contributed by atoms with Gasteiger partial charge in [0, 0.05) is 6.08 Å². The zero-order chi connectivity index (χ0) is 13.0. The third-order valence-corrected chi connectivity index (χ3v) is 2.70. The van der Waals surface area contributed by atoms with Gasteiger partial charge in [-0.25, -0.2) is 0 Å². The lowest BCUT2D eigenvalue weighted by molar-refractivity contribution is -0.400. The maximum atomic E-state index is 10.4. The van der Waals surface area contributed by atoms with Crippen LogP contribution in [-0.2, 0) is 0 Å². The number of rotatable bonds is 3. The van der Waals surface area contributed by atoms with Crippen molar-refractivity contribution < 1.29 is 4.92 Å². The third kappa shape index (κ3) is 2.83. The van der Waals surface area contributed by atoms with Gasteiger partial charge in [-0.1, -0.05) is 54.1 Å². The SMILES string of the molecule is Cc1ccc(-c2ccccc2/C=C/[N+](=O)[O-])cc1. The molecule has 0 aromatic heterocycles. The van der Waals surface area contributed by atoms with Crippen LogP contribution in [0.25, 0.3) is 17.2 Å². The van der Waals surface area contributed by atoms with Gasteiger partial charge >= 0.3 is 0 Å². The molecule has 0 radical (unpaired) electrons. The van der Waals surface area contributed by atoms with Gasteiger partial charge in [0.1, 0.15) is 0 Å². The van der Waals surface area contributed by atoms with Crippen molar-refractivity contribution in [3.8, 4) is 11.1 Å². The molecule has 3 heteroatoms. The number of hydrogen-bond acceptors (Lipinski definition) is 2. The van der Waals surface area contributed by atoms with E-state index in [2.05, 4.69) is 0 Å². The van der Waals surface area contributed by atoms with Crippen molar-refractivity contribution in [2.75, 3.05) is 0 Å². The fourth-order valence-corrected chi connectivity index (χ4v) is 1.78. The van der Waals surface area contributed by atoms with Crippen LogP contribution in [0.2, 0.25) is 0 Å². The predicted octanol–water partition coefficient (Wildman–Crippen LogP) is 3.91. The minimum absolute atomic E-state index is 0.452. The highest BCUT2D eigenvalue weighted by Gasteiger charge is 2.02. The zero-order valence-electron chi connectivity index (χ0n) is 10.0. The molecule has 0 aliphatic carbocycles. The minimum atomic E-state index is -0.452. The molecule has 0 aliphatic rings. The normalized spacial score (nSPS) is 10.7. The van der Waals surface area contributed by atoms with Crippen molar-refractivity contribution in [3.63, 3.8) is 0 Å². The Hall–Kier alpha value is -2.42. The Morgan fingerprint density at radius 2 is 1.72 bits per heavy atom. The summed E-state index contributed by atoms with van der Waals surface area (Å²) in [6.45, 7) is 2.03. The maximum Gasteiger partial charge on any atom is 0.235 e. The van der Waals surface area contributed by atoms with Crippen LogP contribution in [0.15, 0.2) is 54.7 Å². The highest BCUT2D eigenvalue weighted by molar-refractivity contribution is 5.74. The molecule has 2 aromatic rings. The van der Waals surface area contributed by atoms with Gasteiger partial charge in [0.15, 0.2) is 0 Å². The van der Waals surface area contributed by atoms with Gasteiger partial charge in [-0.15, -0.1) is 0 Å². The summed E-state index contributed by atoms with van der Waals surface area (Å²) < 4.78 is 0. The lowest BCUT2D eigenvalue weighted by atomic mass is 9.99. The molecule has 0 amide bonds. The van der Waals surface area contributed by atoms with Gasteiger partial charge < -0.3 is 0 Å². The van der Waals surface area contributed by atoms with Crippen molar-refractivity contribution in [2.24, 2.45) is 0 Å². The largest absolute Gasteiger partial charge is 0.259 e. The van der Waals surface area contributed by atoms with Crippen LogP contribution >= 0.6 is 0 Å². The molecular formula is C15H13NO2. The summed E-state index contributed by atoms with van der Waals surface area (Å²) in [5.74, 6) is 0. The summed E-state index contributed by atoms with van der Waals surface area (Å²) in [5, 5.41) is 10.4. The van der Waals surface area contributed by atoms with E-state index in [-0.39, 0.29) is 0 Å². The summed E-state index contributed by atoms with van der Waals surface area (Å²) in [5.41, 5.74) is 4.09. The van der Waals surface area contributed by atoms with Gasteiger partial charge in [-0.05, 0) is 23.6 Å². The van der Waals surface area contributed by atoms with E-state index < -0.39 is 4.92 Å². The summed E-state index contributed by atoms with van der Waals surface area (Å²) in [6.07, 6.45) is 2.49. The van der Waals surface area contributed by atoms with Gasteiger partial charge in [-0.2, -0.15) is 0 Å².